The van der Waals surface area contributed by atoms with E-state index in [-0.39, 0.29) is 18.5 Å². The largest absolute Gasteiger partial charge is 0.480 e. The highest BCUT2D eigenvalue weighted by Crippen LogP contribution is 2.27. The summed E-state index contributed by atoms with van der Waals surface area (Å²) in [6.07, 6.45) is 5.90. The zero-order valence-electron chi connectivity index (χ0n) is 12.5. The van der Waals surface area contributed by atoms with Crippen molar-refractivity contribution in [1.82, 2.24) is 4.90 Å². The second kappa shape index (κ2) is 6.98. The number of amides is 1. The van der Waals surface area contributed by atoms with Gasteiger partial charge >= 0.3 is 5.97 Å². The van der Waals surface area contributed by atoms with E-state index >= 15 is 0 Å². The molecule has 1 saturated carbocycles. The van der Waals surface area contributed by atoms with Crippen molar-refractivity contribution in [2.45, 2.75) is 43.5 Å². The fraction of sp³-hybridized carbons (Fsp3) is 0.500. The molecule has 0 aliphatic heterocycles. The Labute approximate surface area is 129 Å². The van der Waals surface area contributed by atoms with Gasteiger partial charge in [0.25, 0.3) is 5.91 Å². The van der Waals surface area contributed by atoms with Crippen molar-refractivity contribution in [3.8, 4) is 0 Å². The lowest BCUT2D eigenvalue weighted by Crippen LogP contribution is -2.42. The van der Waals surface area contributed by atoms with Gasteiger partial charge in [-0.1, -0.05) is 18.9 Å². The van der Waals surface area contributed by atoms with Gasteiger partial charge in [0.2, 0.25) is 0 Å². The van der Waals surface area contributed by atoms with Crippen LogP contribution in [0.25, 0.3) is 0 Å². The Morgan fingerprint density at radius 2 is 2.00 bits per heavy atom. The van der Waals surface area contributed by atoms with Crippen LogP contribution in [0, 0.1) is 6.92 Å². The van der Waals surface area contributed by atoms with E-state index in [0.29, 0.717) is 5.56 Å². The first kappa shape index (κ1) is 15.9. The molecule has 0 bridgehead atoms. The van der Waals surface area contributed by atoms with E-state index in [1.807, 2.05) is 31.4 Å². The van der Waals surface area contributed by atoms with Gasteiger partial charge in [0, 0.05) is 16.5 Å². The van der Waals surface area contributed by atoms with E-state index in [4.69, 9.17) is 5.11 Å². The third-order valence-corrected chi connectivity index (χ3v) is 4.73. The number of benzene rings is 1. The Balaban J connectivity index is 2.30. The van der Waals surface area contributed by atoms with E-state index in [1.54, 1.807) is 16.7 Å². The monoisotopic (exact) mass is 307 g/mol. The highest BCUT2D eigenvalue weighted by atomic mass is 32.2. The van der Waals surface area contributed by atoms with Gasteiger partial charge in [-0.05, 0) is 43.7 Å². The molecular weight excluding hydrogens is 286 g/mol. The van der Waals surface area contributed by atoms with Crippen LogP contribution >= 0.6 is 11.8 Å². The summed E-state index contributed by atoms with van der Waals surface area (Å²) in [6.45, 7) is 1.68. The molecule has 4 nitrogen and oxygen atoms in total. The summed E-state index contributed by atoms with van der Waals surface area (Å²) in [7, 11) is 0. The van der Waals surface area contributed by atoms with Crippen molar-refractivity contribution in [2.24, 2.45) is 0 Å². The lowest BCUT2D eigenvalue weighted by atomic mass is 10.1. The van der Waals surface area contributed by atoms with Gasteiger partial charge in [-0.25, -0.2) is 0 Å². The van der Waals surface area contributed by atoms with Crippen LogP contribution in [-0.4, -0.2) is 40.7 Å². The molecule has 0 heterocycles. The normalized spacial score (nSPS) is 15.1. The van der Waals surface area contributed by atoms with Crippen molar-refractivity contribution in [3.63, 3.8) is 0 Å². The smallest absolute Gasteiger partial charge is 0.323 e. The Kier molecular flexibility index (Phi) is 5.28. The Morgan fingerprint density at radius 3 is 2.57 bits per heavy atom. The maximum Gasteiger partial charge on any atom is 0.323 e. The molecule has 0 atom stereocenters. The van der Waals surface area contributed by atoms with Crippen molar-refractivity contribution in [3.05, 3.63) is 29.3 Å². The summed E-state index contributed by atoms with van der Waals surface area (Å²) in [6, 6.07) is 5.83. The van der Waals surface area contributed by atoms with Crippen LogP contribution in [0.15, 0.2) is 23.1 Å². The highest BCUT2D eigenvalue weighted by Gasteiger charge is 2.29. The summed E-state index contributed by atoms with van der Waals surface area (Å²) < 4.78 is 0. The maximum absolute atomic E-state index is 12.8. The number of aryl methyl sites for hydroxylation is 1. The number of carboxylic acids is 1. The molecule has 2 rings (SSSR count). The van der Waals surface area contributed by atoms with Crippen LogP contribution in [0.3, 0.4) is 0 Å². The molecule has 1 aliphatic carbocycles. The molecule has 0 saturated heterocycles. The van der Waals surface area contributed by atoms with Gasteiger partial charge in [0.1, 0.15) is 6.54 Å². The molecule has 0 aromatic heterocycles. The molecule has 1 N–H and O–H groups in total. The van der Waals surface area contributed by atoms with Crippen LogP contribution < -0.4 is 0 Å². The molecule has 1 fully saturated rings. The van der Waals surface area contributed by atoms with Crippen molar-refractivity contribution in [2.75, 3.05) is 12.8 Å². The first-order valence-electron chi connectivity index (χ1n) is 7.20. The lowest BCUT2D eigenvalue weighted by molar-refractivity contribution is -0.138. The zero-order chi connectivity index (χ0) is 15.4. The number of carboxylic acid groups (broad SMARTS) is 1. The number of carbonyl (C=O) groups is 2. The predicted molar refractivity (Wildman–Crippen MR) is 83.9 cm³/mol. The van der Waals surface area contributed by atoms with Gasteiger partial charge in [0.05, 0.1) is 0 Å². The fourth-order valence-corrected chi connectivity index (χ4v) is 3.28. The second-order valence-corrected chi connectivity index (χ2v) is 6.33. The summed E-state index contributed by atoms with van der Waals surface area (Å²) in [5.41, 5.74) is 1.51. The quantitative estimate of drug-likeness (QED) is 0.849. The third-order valence-electron chi connectivity index (χ3n) is 4.01. The molecule has 1 aliphatic rings. The molecule has 0 radical (unpaired) electrons. The minimum Gasteiger partial charge on any atom is -0.480 e. The molecule has 0 spiro atoms. The average Bonchev–Trinajstić information content (AvgIpc) is 2.98. The topological polar surface area (TPSA) is 57.6 Å². The number of rotatable bonds is 5. The average molecular weight is 307 g/mol. The van der Waals surface area contributed by atoms with Crippen LogP contribution in [0.4, 0.5) is 0 Å². The number of carbonyl (C=O) groups excluding carboxylic acids is 1. The molecule has 5 heteroatoms. The third kappa shape index (κ3) is 3.79. The summed E-state index contributed by atoms with van der Waals surface area (Å²) in [5, 5.41) is 9.11. The number of hydrogen-bond donors (Lipinski definition) is 1. The maximum atomic E-state index is 12.8. The van der Waals surface area contributed by atoms with E-state index in [0.717, 1.165) is 36.1 Å². The van der Waals surface area contributed by atoms with Crippen molar-refractivity contribution >= 4 is 23.6 Å². The van der Waals surface area contributed by atoms with E-state index in [2.05, 4.69) is 0 Å². The number of hydrogen-bond acceptors (Lipinski definition) is 3. The van der Waals surface area contributed by atoms with Crippen molar-refractivity contribution < 1.29 is 14.7 Å². The number of thioether (sulfide) groups is 1. The first-order valence-corrected chi connectivity index (χ1v) is 8.43. The molecular formula is C16H21NO3S. The van der Waals surface area contributed by atoms with Gasteiger partial charge < -0.3 is 10.0 Å². The van der Waals surface area contributed by atoms with Gasteiger partial charge in [-0.15, -0.1) is 11.8 Å². The molecule has 21 heavy (non-hydrogen) atoms. The standard InChI is InChI=1S/C16H21NO3S/c1-11-7-8-13(21-2)9-14(11)16(20)17(10-15(18)19)12-5-3-4-6-12/h7-9,12H,3-6,10H2,1-2H3,(H,18,19). The van der Waals surface area contributed by atoms with Gasteiger partial charge in [0.15, 0.2) is 0 Å². The Bertz CT molecular complexity index is 538. The van der Waals surface area contributed by atoms with E-state index < -0.39 is 5.97 Å². The van der Waals surface area contributed by atoms with Crippen LogP contribution in [0.2, 0.25) is 0 Å². The minimum atomic E-state index is -0.950. The lowest BCUT2D eigenvalue weighted by Gasteiger charge is -2.28. The van der Waals surface area contributed by atoms with Crippen LogP contribution in [0.5, 0.6) is 0 Å². The fourth-order valence-electron chi connectivity index (χ4n) is 2.84. The highest BCUT2D eigenvalue weighted by molar-refractivity contribution is 7.98. The number of nitrogens with zero attached hydrogens (tertiary/aromatic N) is 1. The van der Waals surface area contributed by atoms with Gasteiger partial charge in [-0.2, -0.15) is 0 Å². The van der Waals surface area contributed by atoms with Crippen molar-refractivity contribution in [1.29, 1.82) is 0 Å². The van der Waals surface area contributed by atoms with E-state index in [1.165, 1.54) is 0 Å². The predicted octanol–water partition coefficient (Wildman–Crippen LogP) is 3.19. The van der Waals surface area contributed by atoms with Crippen LogP contribution in [-0.2, 0) is 4.79 Å². The van der Waals surface area contributed by atoms with Gasteiger partial charge in [-0.3, -0.25) is 9.59 Å². The van der Waals surface area contributed by atoms with E-state index in [9.17, 15) is 9.59 Å². The first-order chi connectivity index (χ1) is 10.0. The second-order valence-electron chi connectivity index (χ2n) is 5.45. The summed E-state index contributed by atoms with van der Waals surface area (Å²) in [4.78, 5) is 26.5. The molecule has 1 aromatic carbocycles. The summed E-state index contributed by atoms with van der Waals surface area (Å²) in [5.74, 6) is -1.10. The molecule has 1 amide bonds. The Morgan fingerprint density at radius 1 is 1.33 bits per heavy atom. The zero-order valence-corrected chi connectivity index (χ0v) is 13.3. The minimum absolute atomic E-state index is 0.0611. The molecule has 114 valence electrons. The molecule has 1 aromatic rings. The summed E-state index contributed by atoms with van der Waals surface area (Å²) >= 11 is 1.58. The SMILES string of the molecule is CSc1ccc(C)c(C(=O)N(CC(=O)O)C2CCCC2)c1. The Hall–Kier alpha value is -1.49. The molecule has 0 unspecified atom stereocenters. The number of aliphatic carboxylic acids is 1. The van der Waals surface area contributed by atoms with Crippen LogP contribution in [0.1, 0.15) is 41.6 Å².